The number of aryl methyl sites for hydroxylation is 1. The third kappa shape index (κ3) is 4.40. The van der Waals surface area contributed by atoms with E-state index in [1.165, 1.54) is 0 Å². The lowest BCUT2D eigenvalue weighted by atomic mass is 9.92. The molecule has 0 bridgehead atoms. The highest BCUT2D eigenvalue weighted by molar-refractivity contribution is 5.89. The van der Waals surface area contributed by atoms with Crippen LogP contribution in [-0.4, -0.2) is 56.0 Å². The van der Waals surface area contributed by atoms with E-state index in [-0.39, 0.29) is 17.7 Å². The number of nitrogens with zero attached hydrogens (tertiary/aromatic N) is 5. The minimum atomic E-state index is -0.204. The van der Waals surface area contributed by atoms with Gasteiger partial charge in [0.2, 0.25) is 11.8 Å². The monoisotopic (exact) mass is 381 g/mol. The summed E-state index contributed by atoms with van der Waals surface area (Å²) in [5, 5.41) is 4.25. The summed E-state index contributed by atoms with van der Waals surface area (Å²) in [6.07, 6.45) is 10.8. The molecule has 0 aliphatic carbocycles. The Morgan fingerprint density at radius 2 is 2.04 bits per heavy atom. The van der Waals surface area contributed by atoms with Crippen molar-refractivity contribution in [2.45, 2.75) is 38.8 Å². The van der Waals surface area contributed by atoms with E-state index < -0.39 is 0 Å². The van der Waals surface area contributed by atoms with Gasteiger partial charge in [-0.15, -0.1) is 0 Å². The molecule has 2 saturated heterocycles. The Balaban J connectivity index is 1.24. The molecule has 0 spiro atoms. The number of carbonyl (C=O) groups is 2. The minimum Gasteiger partial charge on any atom is -0.342 e. The van der Waals surface area contributed by atoms with Crippen molar-refractivity contribution in [3.63, 3.8) is 0 Å². The molecule has 4 heterocycles. The number of amides is 2. The van der Waals surface area contributed by atoms with Crippen molar-refractivity contribution in [2.24, 2.45) is 11.8 Å². The molecule has 2 aromatic heterocycles. The Labute approximate surface area is 165 Å². The summed E-state index contributed by atoms with van der Waals surface area (Å²) in [5.74, 6) is 0.647. The molecule has 2 amide bonds. The summed E-state index contributed by atoms with van der Waals surface area (Å²) in [7, 11) is 0. The van der Waals surface area contributed by atoms with Crippen molar-refractivity contribution in [1.29, 1.82) is 0 Å². The molecule has 4 rings (SSSR count). The van der Waals surface area contributed by atoms with Crippen LogP contribution in [-0.2, 0) is 22.7 Å². The van der Waals surface area contributed by atoms with Crippen LogP contribution in [0.1, 0.15) is 31.2 Å². The molecule has 0 radical (unpaired) electrons. The highest BCUT2D eigenvalue weighted by Crippen LogP contribution is 2.26. The van der Waals surface area contributed by atoms with Gasteiger partial charge in [0.15, 0.2) is 0 Å². The van der Waals surface area contributed by atoms with Crippen molar-refractivity contribution in [1.82, 2.24) is 24.6 Å². The molecule has 0 unspecified atom stereocenters. The highest BCUT2D eigenvalue weighted by atomic mass is 16.2. The Morgan fingerprint density at radius 3 is 2.75 bits per heavy atom. The van der Waals surface area contributed by atoms with Gasteiger partial charge in [-0.25, -0.2) is 0 Å². The Morgan fingerprint density at radius 1 is 1.18 bits per heavy atom. The maximum absolute atomic E-state index is 12.9. The van der Waals surface area contributed by atoms with Crippen molar-refractivity contribution in [3.05, 3.63) is 48.5 Å². The molecule has 1 atom stereocenters. The van der Waals surface area contributed by atoms with Gasteiger partial charge >= 0.3 is 0 Å². The van der Waals surface area contributed by atoms with Crippen LogP contribution < -0.4 is 0 Å². The summed E-state index contributed by atoms with van der Waals surface area (Å²) in [4.78, 5) is 33.1. The van der Waals surface area contributed by atoms with E-state index in [9.17, 15) is 9.59 Å². The first-order valence-electron chi connectivity index (χ1n) is 10.1. The van der Waals surface area contributed by atoms with Gasteiger partial charge in [0.25, 0.3) is 0 Å². The van der Waals surface area contributed by atoms with E-state index in [1.807, 2.05) is 40.2 Å². The first-order chi connectivity index (χ1) is 13.7. The van der Waals surface area contributed by atoms with Gasteiger partial charge in [-0.1, -0.05) is 6.07 Å². The number of rotatable bonds is 6. The van der Waals surface area contributed by atoms with Crippen molar-refractivity contribution in [3.8, 4) is 0 Å². The molecular weight excluding hydrogens is 354 g/mol. The standard InChI is InChI=1S/C21H27N5O2/c27-20-13-19(16-25(20)15-18-3-1-7-22-14-18)21(28)24-10-4-17(5-11-24)6-12-26-9-2-8-23-26/h1-3,7-9,14,17,19H,4-6,10-13,15-16H2/t19-/m0/s1. The Kier molecular flexibility index (Phi) is 5.69. The van der Waals surface area contributed by atoms with Crippen LogP contribution in [0, 0.1) is 11.8 Å². The molecule has 7 nitrogen and oxygen atoms in total. The second-order valence-corrected chi connectivity index (χ2v) is 7.86. The van der Waals surface area contributed by atoms with E-state index in [1.54, 1.807) is 17.3 Å². The molecular formula is C21H27N5O2. The van der Waals surface area contributed by atoms with E-state index in [2.05, 4.69) is 10.1 Å². The zero-order chi connectivity index (χ0) is 19.3. The SMILES string of the molecule is O=C1C[C@H](C(=O)N2CCC(CCn3cccn3)CC2)CN1Cc1cccnc1. The molecule has 2 aromatic rings. The second kappa shape index (κ2) is 8.54. The van der Waals surface area contributed by atoms with Gasteiger partial charge in [0.1, 0.15) is 0 Å². The predicted octanol–water partition coefficient (Wildman–Crippen LogP) is 1.96. The fourth-order valence-corrected chi connectivity index (χ4v) is 4.25. The smallest absolute Gasteiger partial charge is 0.227 e. The second-order valence-electron chi connectivity index (χ2n) is 7.86. The van der Waals surface area contributed by atoms with Crippen LogP contribution in [0.25, 0.3) is 0 Å². The average Bonchev–Trinajstić information content (AvgIpc) is 3.37. The first-order valence-corrected chi connectivity index (χ1v) is 10.1. The number of hydrogen-bond donors (Lipinski definition) is 0. The summed E-state index contributed by atoms with van der Waals surface area (Å²) < 4.78 is 1.97. The number of aromatic nitrogens is 3. The summed E-state index contributed by atoms with van der Waals surface area (Å²) >= 11 is 0. The number of piperidine rings is 1. The Bertz CT molecular complexity index is 784. The van der Waals surface area contributed by atoms with Gasteiger partial charge in [0.05, 0.1) is 5.92 Å². The normalized spacial score (nSPS) is 20.7. The van der Waals surface area contributed by atoms with E-state index in [0.717, 1.165) is 44.5 Å². The van der Waals surface area contributed by atoms with Crippen molar-refractivity contribution in [2.75, 3.05) is 19.6 Å². The third-order valence-corrected chi connectivity index (χ3v) is 5.91. The van der Waals surface area contributed by atoms with Crippen LogP contribution in [0.15, 0.2) is 43.0 Å². The largest absolute Gasteiger partial charge is 0.342 e. The molecule has 0 saturated carbocycles. The summed E-state index contributed by atoms with van der Waals surface area (Å²) in [5.41, 5.74) is 1.00. The van der Waals surface area contributed by atoms with Gasteiger partial charge < -0.3 is 9.80 Å². The summed E-state index contributed by atoms with van der Waals surface area (Å²) in [6, 6.07) is 5.78. The average molecular weight is 381 g/mol. The fourth-order valence-electron chi connectivity index (χ4n) is 4.25. The highest BCUT2D eigenvalue weighted by Gasteiger charge is 2.37. The first kappa shape index (κ1) is 18.7. The van der Waals surface area contributed by atoms with E-state index >= 15 is 0 Å². The zero-order valence-corrected chi connectivity index (χ0v) is 16.1. The van der Waals surface area contributed by atoms with Crippen LogP contribution in [0.4, 0.5) is 0 Å². The number of likely N-dealkylation sites (tertiary alicyclic amines) is 2. The fraction of sp³-hybridized carbons (Fsp3) is 0.524. The predicted molar refractivity (Wildman–Crippen MR) is 104 cm³/mol. The Hall–Kier alpha value is -2.70. The lowest BCUT2D eigenvalue weighted by Crippen LogP contribution is -2.42. The quantitative estimate of drug-likeness (QED) is 0.767. The topological polar surface area (TPSA) is 71.3 Å². The summed E-state index contributed by atoms with van der Waals surface area (Å²) in [6.45, 7) is 3.59. The van der Waals surface area contributed by atoms with E-state index in [4.69, 9.17) is 0 Å². The van der Waals surface area contributed by atoms with Crippen LogP contribution in [0.2, 0.25) is 0 Å². The molecule has 2 aliphatic rings. The minimum absolute atomic E-state index is 0.0660. The molecule has 0 aromatic carbocycles. The number of hydrogen-bond acceptors (Lipinski definition) is 4. The van der Waals surface area contributed by atoms with Gasteiger partial charge in [-0.2, -0.15) is 5.10 Å². The molecule has 2 aliphatic heterocycles. The molecule has 7 heteroatoms. The van der Waals surface area contributed by atoms with Gasteiger partial charge in [0, 0.05) is 63.9 Å². The number of carbonyl (C=O) groups excluding carboxylic acids is 2. The van der Waals surface area contributed by atoms with E-state index in [0.29, 0.717) is 25.4 Å². The number of pyridine rings is 1. The molecule has 148 valence electrons. The maximum Gasteiger partial charge on any atom is 0.227 e. The molecule has 0 N–H and O–H groups in total. The molecule has 28 heavy (non-hydrogen) atoms. The van der Waals surface area contributed by atoms with Crippen molar-refractivity contribution < 1.29 is 9.59 Å². The van der Waals surface area contributed by atoms with Gasteiger partial charge in [-0.3, -0.25) is 19.3 Å². The lowest BCUT2D eigenvalue weighted by molar-refractivity contribution is -0.137. The third-order valence-electron chi connectivity index (χ3n) is 5.91. The lowest BCUT2D eigenvalue weighted by Gasteiger charge is -2.33. The van der Waals surface area contributed by atoms with Crippen LogP contribution >= 0.6 is 0 Å². The van der Waals surface area contributed by atoms with Gasteiger partial charge in [-0.05, 0) is 42.9 Å². The maximum atomic E-state index is 12.9. The van der Waals surface area contributed by atoms with Crippen LogP contribution in [0.5, 0.6) is 0 Å². The molecule has 2 fully saturated rings. The zero-order valence-electron chi connectivity index (χ0n) is 16.1. The van der Waals surface area contributed by atoms with Crippen LogP contribution in [0.3, 0.4) is 0 Å². The van der Waals surface area contributed by atoms with Crippen molar-refractivity contribution >= 4 is 11.8 Å².